The fourth-order valence-electron chi connectivity index (χ4n) is 2.40. The van der Waals surface area contributed by atoms with Gasteiger partial charge < -0.3 is 10.4 Å². The van der Waals surface area contributed by atoms with Gasteiger partial charge in [0.15, 0.2) is 11.3 Å². The number of benzene rings is 1. The van der Waals surface area contributed by atoms with Crippen molar-refractivity contribution in [2.45, 2.75) is 13.0 Å². The van der Waals surface area contributed by atoms with Crippen LogP contribution in [-0.4, -0.2) is 32.8 Å². The van der Waals surface area contributed by atoms with Crippen LogP contribution in [0.2, 0.25) is 5.02 Å². The average Bonchev–Trinajstić information content (AvgIpc) is 2.68. The van der Waals surface area contributed by atoms with Crippen LogP contribution in [0.25, 0.3) is 11.0 Å². The lowest BCUT2D eigenvalue weighted by molar-refractivity contribution is 0.0944. The zero-order valence-electron chi connectivity index (χ0n) is 14.1. The average molecular weight is 383 g/mol. The number of carbonyl (C=O) groups excluding carboxylic acids is 1. The van der Waals surface area contributed by atoms with Gasteiger partial charge >= 0.3 is 0 Å². The maximum atomic E-state index is 12.6. The standard InChI is InChI=1S/C19H15ClN4O3/c20-14-6-4-12(5-7-14)10-22-19(27)16-17(26)15-9-13(3-1-2-8-25)11-21-18(15)24-23-16/h4-7,9,11,25H,3,8,10H2,(H,22,27)(H,21,24,26). The molecule has 1 aromatic carbocycles. The lowest BCUT2D eigenvalue weighted by Crippen LogP contribution is -2.30. The Morgan fingerprint density at radius 2 is 2.00 bits per heavy atom. The minimum atomic E-state index is -0.585. The normalized spacial score (nSPS) is 10.3. The molecule has 3 N–H and O–H groups in total. The second-order valence-electron chi connectivity index (χ2n) is 5.64. The molecule has 0 fully saturated rings. The quantitative estimate of drug-likeness (QED) is 0.592. The lowest BCUT2D eigenvalue weighted by Gasteiger charge is -2.06. The Bertz CT molecular complexity index is 1100. The van der Waals surface area contributed by atoms with Crippen molar-refractivity contribution in [3.63, 3.8) is 0 Å². The largest absolute Gasteiger partial charge is 0.384 e. The molecule has 0 aliphatic rings. The monoisotopic (exact) mass is 382 g/mol. The number of H-pyrrole nitrogens is 1. The topological polar surface area (TPSA) is 108 Å². The first-order valence-electron chi connectivity index (χ1n) is 8.05. The smallest absolute Gasteiger partial charge is 0.276 e. The van der Waals surface area contributed by atoms with E-state index in [1.54, 1.807) is 36.5 Å². The molecule has 2 aromatic heterocycles. The Morgan fingerprint density at radius 1 is 1.22 bits per heavy atom. The number of aliphatic hydroxyl groups excluding tert-OH is 1. The van der Waals surface area contributed by atoms with Crippen LogP contribution in [0.5, 0.6) is 0 Å². The number of nitrogens with zero attached hydrogens (tertiary/aromatic N) is 2. The number of fused-ring (bicyclic) bond motifs is 1. The Kier molecular flexibility index (Phi) is 5.81. The number of aromatic amines is 1. The second kappa shape index (κ2) is 8.45. The van der Waals surface area contributed by atoms with Gasteiger partial charge in [0.1, 0.15) is 6.61 Å². The van der Waals surface area contributed by atoms with Crippen LogP contribution in [-0.2, 0) is 13.0 Å². The van der Waals surface area contributed by atoms with E-state index in [4.69, 9.17) is 16.7 Å². The molecule has 7 nitrogen and oxygen atoms in total. The summed E-state index contributed by atoms with van der Waals surface area (Å²) in [6.45, 7) is 0.00759. The van der Waals surface area contributed by atoms with Crippen molar-refractivity contribution in [2.24, 2.45) is 0 Å². The number of aromatic nitrogens is 3. The number of carbonyl (C=O) groups is 1. The van der Waals surface area contributed by atoms with Crippen molar-refractivity contribution >= 4 is 28.5 Å². The van der Waals surface area contributed by atoms with Crippen molar-refractivity contribution in [1.29, 1.82) is 0 Å². The molecule has 136 valence electrons. The highest BCUT2D eigenvalue weighted by Gasteiger charge is 2.15. The molecule has 1 amide bonds. The first kappa shape index (κ1) is 18.6. The molecule has 0 bridgehead atoms. The van der Waals surface area contributed by atoms with Crippen LogP contribution in [0, 0.1) is 11.8 Å². The predicted octanol–water partition coefficient (Wildman–Crippen LogP) is 1.44. The molecule has 2 heterocycles. The van der Waals surface area contributed by atoms with Crippen LogP contribution in [0.15, 0.2) is 41.3 Å². The Labute approximate surface area is 159 Å². The number of halogens is 1. The van der Waals surface area contributed by atoms with E-state index in [0.29, 0.717) is 17.0 Å². The summed E-state index contributed by atoms with van der Waals surface area (Å²) in [5, 5.41) is 18.7. The maximum absolute atomic E-state index is 12.6. The molecule has 0 spiro atoms. The highest BCUT2D eigenvalue weighted by atomic mass is 35.5. The van der Waals surface area contributed by atoms with E-state index in [9.17, 15) is 9.59 Å². The Morgan fingerprint density at radius 3 is 2.74 bits per heavy atom. The van der Waals surface area contributed by atoms with Crippen molar-refractivity contribution in [3.05, 3.63) is 68.6 Å². The number of rotatable bonds is 4. The molecule has 27 heavy (non-hydrogen) atoms. The maximum Gasteiger partial charge on any atom is 0.276 e. The predicted molar refractivity (Wildman–Crippen MR) is 101 cm³/mol. The van der Waals surface area contributed by atoms with Gasteiger partial charge in [-0.1, -0.05) is 35.6 Å². The summed E-state index contributed by atoms with van der Waals surface area (Å²) in [5.41, 5.74) is 1.08. The molecule has 0 saturated heterocycles. The number of hydrogen-bond donors (Lipinski definition) is 3. The summed E-state index contributed by atoms with van der Waals surface area (Å²) in [5.74, 6) is 4.71. The van der Waals surface area contributed by atoms with E-state index >= 15 is 0 Å². The van der Waals surface area contributed by atoms with Crippen LogP contribution >= 0.6 is 11.6 Å². The summed E-state index contributed by atoms with van der Waals surface area (Å²) in [7, 11) is 0. The van der Waals surface area contributed by atoms with Gasteiger partial charge in [0, 0.05) is 24.2 Å². The number of aliphatic hydroxyl groups is 1. The molecule has 0 aliphatic carbocycles. The van der Waals surface area contributed by atoms with Crippen molar-refractivity contribution in [1.82, 2.24) is 20.5 Å². The van der Waals surface area contributed by atoms with Gasteiger partial charge in [0.05, 0.1) is 5.39 Å². The van der Waals surface area contributed by atoms with Gasteiger partial charge in [0.25, 0.3) is 5.91 Å². The molecule has 0 saturated carbocycles. The molecule has 3 rings (SSSR count). The first-order chi connectivity index (χ1) is 13.1. The summed E-state index contributed by atoms with van der Waals surface area (Å²) in [6.07, 6.45) is 1.90. The number of amides is 1. The molecular formula is C19H15ClN4O3. The fraction of sp³-hybridized carbons (Fsp3) is 0.158. The third-order valence-corrected chi connectivity index (χ3v) is 4.01. The van der Waals surface area contributed by atoms with E-state index in [-0.39, 0.29) is 29.9 Å². The Balaban J connectivity index is 1.82. The van der Waals surface area contributed by atoms with E-state index in [1.807, 2.05) is 0 Å². The highest BCUT2D eigenvalue weighted by molar-refractivity contribution is 6.30. The number of nitrogens with one attached hydrogen (secondary N) is 2. The van der Waals surface area contributed by atoms with E-state index in [1.165, 1.54) is 0 Å². The van der Waals surface area contributed by atoms with E-state index in [2.05, 4.69) is 32.3 Å². The number of hydrogen-bond acceptors (Lipinski definition) is 5. The second-order valence-corrected chi connectivity index (χ2v) is 6.08. The SMILES string of the molecule is O=C(NCc1ccc(Cl)cc1)c1n[nH]c2ncc(CC#CCO)cc2c1=O. The first-order valence-corrected chi connectivity index (χ1v) is 8.43. The summed E-state index contributed by atoms with van der Waals surface area (Å²) in [4.78, 5) is 29.1. The third kappa shape index (κ3) is 4.50. The zero-order chi connectivity index (χ0) is 19.2. The summed E-state index contributed by atoms with van der Waals surface area (Å²) in [6, 6.07) is 8.62. The van der Waals surface area contributed by atoms with Crippen LogP contribution in [0.3, 0.4) is 0 Å². The van der Waals surface area contributed by atoms with Gasteiger partial charge in [-0.05, 0) is 29.3 Å². The van der Waals surface area contributed by atoms with Gasteiger partial charge in [-0.25, -0.2) is 4.98 Å². The van der Waals surface area contributed by atoms with Crippen molar-refractivity contribution < 1.29 is 9.90 Å². The van der Waals surface area contributed by atoms with Crippen molar-refractivity contribution in [3.8, 4) is 11.8 Å². The molecule has 0 aliphatic heterocycles. The van der Waals surface area contributed by atoms with Crippen LogP contribution in [0.4, 0.5) is 0 Å². The van der Waals surface area contributed by atoms with Gasteiger partial charge in [-0.15, -0.1) is 0 Å². The summed E-state index contributed by atoms with van der Waals surface area (Å²) >= 11 is 5.83. The minimum absolute atomic E-state index is 0.233. The summed E-state index contributed by atoms with van der Waals surface area (Å²) < 4.78 is 0. The molecule has 3 aromatic rings. The molecule has 8 heteroatoms. The lowest BCUT2D eigenvalue weighted by atomic mass is 10.1. The molecule has 0 radical (unpaired) electrons. The zero-order valence-corrected chi connectivity index (χ0v) is 14.9. The van der Waals surface area contributed by atoms with Gasteiger partial charge in [0.2, 0.25) is 5.43 Å². The third-order valence-electron chi connectivity index (χ3n) is 3.76. The minimum Gasteiger partial charge on any atom is -0.384 e. The van der Waals surface area contributed by atoms with Crippen LogP contribution in [0.1, 0.15) is 21.6 Å². The van der Waals surface area contributed by atoms with Gasteiger partial charge in [-0.2, -0.15) is 5.10 Å². The number of pyridine rings is 1. The van der Waals surface area contributed by atoms with Gasteiger partial charge in [-0.3, -0.25) is 14.7 Å². The van der Waals surface area contributed by atoms with E-state index in [0.717, 1.165) is 5.56 Å². The highest BCUT2D eigenvalue weighted by Crippen LogP contribution is 2.10. The van der Waals surface area contributed by atoms with Crippen molar-refractivity contribution in [2.75, 3.05) is 6.61 Å². The molecule has 0 atom stereocenters. The Hall–Kier alpha value is -3.21. The van der Waals surface area contributed by atoms with Crippen LogP contribution < -0.4 is 10.7 Å². The van der Waals surface area contributed by atoms with E-state index < -0.39 is 11.3 Å². The molecular weight excluding hydrogens is 368 g/mol. The fourth-order valence-corrected chi connectivity index (χ4v) is 2.52. The molecule has 0 unspecified atom stereocenters.